The average molecular weight is 363 g/mol. The Morgan fingerprint density at radius 2 is 1.89 bits per heavy atom. The van der Waals surface area contributed by atoms with E-state index in [0.717, 1.165) is 15.8 Å². The number of amides is 3. The number of rotatable bonds is 5. The lowest BCUT2D eigenvalue weighted by Gasteiger charge is -2.12. The van der Waals surface area contributed by atoms with E-state index in [1.54, 1.807) is 12.1 Å². The summed E-state index contributed by atoms with van der Waals surface area (Å²) < 4.78 is 4.94. The summed E-state index contributed by atoms with van der Waals surface area (Å²) in [5.74, 6) is -1.12. The van der Waals surface area contributed by atoms with Crippen LogP contribution in [-0.2, 0) is 4.74 Å². The highest BCUT2D eigenvalue weighted by Crippen LogP contribution is 2.25. The monoisotopic (exact) mass is 363 g/mol. The van der Waals surface area contributed by atoms with E-state index < -0.39 is 5.91 Å². The van der Waals surface area contributed by atoms with Crippen LogP contribution in [0.25, 0.3) is 10.9 Å². The number of nitrogens with one attached hydrogen (secondary N) is 2. The highest BCUT2D eigenvalue weighted by Gasteiger charge is 2.35. The van der Waals surface area contributed by atoms with Crippen LogP contribution in [0.15, 0.2) is 48.7 Å². The fraction of sp³-hybridized carbons (Fsp3) is 0.150. The van der Waals surface area contributed by atoms with E-state index in [0.29, 0.717) is 16.8 Å². The van der Waals surface area contributed by atoms with E-state index in [2.05, 4.69) is 10.3 Å². The first-order valence-electron chi connectivity index (χ1n) is 8.46. The number of nitrogens with zero attached hydrogens (tertiary/aromatic N) is 1. The number of hydrogen-bond acceptors (Lipinski definition) is 4. The number of imide groups is 1. The summed E-state index contributed by atoms with van der Waals surface area (Å²) in [7, 11) is 1.51. The predicted octanol–water partition coefficient (Wildman–Crippen LogP) is 2.66. The topological polar surface area (TPSA) is 91.5 Å². The second-order valence-corrected chi connectivity index (χ2v) is 6.25. The lowest BCUT2D eigenvalue weighted by molar-refractivity contribution is 0.0603. The Morgan fingerprint density at radius 3 is 2.70 bits per heavy atom. The lowest BCUT2D eigenvalue weighted by Crippen LogP contribution is -2.32. The van der Waals surface area contributed by atoms with E-state index in [9.17, 15) is 14.4 Å². The molecule has 0 spiro atoms. The number of aromatic amines is 1. The number of carbonyl (C=O) groups excluding carboxylic acids is 3. The summed E-state index contributed by atoms with van der Waals surface area (Å²) in [5.41, 5.74) is 2.49. The van der Waals surface area contributed by atoms with Crippen molar-refractivity contribution >= 4 is 34.3 Å². The molecule has 0 unspecified atom stereocenters. The van der Waals surface area contributed by atoms with Crippen molar-refractivity contribution in [2.75, 3.05) is 25.6 Å². The van der Waals surface area contributed by atoms with Crippen molar-refractivity contribution < 1.29 is 19.1 Å². The molecular formula is C20H17N3O4. The Balaban J connectivity index is 1.57. The van der Waals surface area contributed by atoms with Crippen LogP contribution >= 0.6 is 0 Å². The van der Waals surface area contributed by atoms with Gasteiger partial charge in [0.05, 0.1) is 24.3 Å². The third kappa shape index (κ3) is 2.98. The summed E-state index contributed by atoms with van der Waals surface area (Å²) in [6.45, 7) is 0.446. The molecule has 2 aromatic carbocycles. The average Bonchev–Trinajstić information content (AvgIpc) is 3.23. The zero-order valence-electron chi connectivity index (χ0n) is 14.6. The van der Waals surface area contributed by atoms with Gasteiger partial charge in [0, 0.05) is 35.5 Å². The van der Waals surface area contributed by atoms with Crippen LogP contribution in [0.1, 0.15) is 31.1 Å². The summed E-state index contributed by atoms with van der Waals surface area (Å²) in [4.78, 5) is 41.6. The highest BCUT2D eigenvalue weighted by atomic mass is 16.5. The number of H-pyrrole nitrogens is 1. The van der Waals surface area contributed by atoms with Gasteiger partial charge >= 0.3 is 0 Å². The number of hydrogen-bond donors (Lipinski definition) is 2. The molecule has 2 heterocycles. The van der Waals surface area contributed by atoms with Gasteiger partial charge in [0.2, 0.25) is 0 Å². The highest BCUT2D eigenvalue weighted by molar-refractivity contribution is 6.22. The third-order valence-corrected chi connectivity index (χ3v) is 4.56. The standard InChI is InChI=1S/C20H17N3O4/c1-27-9-8-23-19(25)15-4-2-13(11-16(15)20(23)26)18(24)22-14-3-5-17-12(10-14)6-7-21-17/h2-7,10-11,21H,8-9H2,1H3,(H,22,24). The maximum absolute atomic E-state index is 12.6. The number of ether oxygens (including phenoxy) is 1. The first kappa shape index (κ1) is 17.0. The Hall–Kier alpha value is -3.45. The molecule has 0 saturated heterocycles. The maximum atomic E-state index is 12.6. The van der Waals surface area contributed by atoms with Gasteiger partial charge in [-0.05, 0) is 42.5 Å². The van der Waals surface area contributed by atoms with Gasteiger partial charge in [-0.15, -0.1) is 0 Å². The molecule has 7 heteroatoms. The molecule has 1 aromatic heterocycles. The molecule has 0 saturated carbocycles. The molecule has 1 aliphatic rings. The Morgan fingerprint density at radius 1 is 1.07 bits per heavy atom. The molecule has 0 fully saturated rings. The zero-order chi connectivity index (χ0) is 19.0. The first-order chi connectivity index (χ1) is 13.1. The van der Waals surface area contributed by atoms with E-state index in [1.165, 1.54) is 19.2 Å². The molecule has 136 valence electrons. The summed E-state index contributed by atoms with van der Waals surface area (Å²) in [6, 6.07) is 12.0. The van der Waals surface area contributed by atoms with Gasteiger partial charge in [0.25, 0.3) is 17.7 Å². The minimum absolute atomic E-state index is 0.182. The second kappa shape index (κ2) is 6.69. The van der Waals surface area contributed by atoms with Crippen LogP contribution in [0, 0.1) is 0 Å². The largest absolute Gasteiger partial charge is 0.383 e. The quantitative estimate of drug-likeness (QED) is 0.682. The van der Waals surface area contributed by atoms with E-state index in [1.807, 2.05) is 24.4 Å². The molecule has 4 rings (SSSR count). The van der Waals surface area contributed by atoms with Gasteiger partial charge in [-0.1, -0.05) is 0 Å². The van der Waals surface area contributed by atoms with Crippen LogP contribution < -0.4 is 5.32 Å². The van der Waals surface area contributed by atoms with Crippen molar-refractivity contribution in [3.8, 4) is 0 Å². The van der Waals surface area contributed by atoms with Gasteiger partial charge in [-0.3, -0.25) is 19.3 Å². The van der Waals surface area contributed by atoms with Crippen molar-refractivity contribution in [1.29, 1.82) is 0 Å². The molecule has 2 N–H and O–H groups in total. The Labute approximate surface area is 154 Å². The minimum Gasteiger partial charge on any atom is -0.383 e. The van der Waals surface area contributed by atoms with Crippen LogP contribution in [0.2, 0.25) is 0 Å². The maximum Gasteiger partial charge on any atom is 0.261 e. The molecule has 3 amide bonds. The molecule has 1 aliphatic heterocycles. The predicted molar refractivity (Wildman–Crippen MR) is 99.9 cm³/mol. The number of anilines is 1. The van der Waals surface area contributed by atoms with Crippen LogP contribution in [0.4, 0.5) is 5.69 Å². The van der Waals surface area contributed by atoms with Gasteiger partial charge in [-0.2, -0.15) is 0 Å². The third-order valence-electron chi connectivity index (χ3n) is 4.56. The molecule has 0 atom stereocenters. The van der Waals surface area contributed by atoms with E-state index >= 15 is 0 Å². The summed E-state index contributed by atoms with van der Waals surface area (Å²) >= 11 is 0. The molecule has 27 heavy (non-hydrogen) atoms. The number of aromatic nitrogens is 1. The molecule has 7 nitrogen and oxygen atoms in total. The van der Waals surface area contributed by atoms with Crippen molar-refractivity contribution in [3.05, 3.63) is 65.4 Å². The molecule has 3 aromatic rings. The Bertz CT molecular complexity index is 1070. The van der Waals surface area contributed by atoms with Crippen molar-refractivity contribution in [1.82, 2.24) is 9.88 Å². The molecule has 0 bridgehead atoms. The SMILES string of the molecule is COCCN1C(=O)c2ccc(C(=O)Nc3ccc4[nH]ccc4c3)cc2C1=O. The van der Waals surface area contributed by atoms with Gasteiger partial charge in [0.15, 0.2) is 0 Å². The van der Waals surface area contributed by atoms with Crippen LogP contribution in [0.3, 0.4) is 0 Å². The number of fused-ring (bicyclic) bond motifs is 2. The normalized spacial score (nSPS) is 13.3. The first-order valence-corrected chi connectivity index (χ1v) is 8.46. The fourth-order valence-electron chi connectivity index (χ4n) is 3.15. The fourth-order valence-corrected chi connectivity index (χ4v) is 3.15. The molecule has 0 aliphatic carbocycles. The molecular weight excluding hydrogens is 346 g/mol. The van der Waals surface area contributed by atoms with E-state index in [-0.39, 0.29) is 30.5 Å². The summed E-state index contributed by atoms with van der Waals surface area (Å²) in [6.07, 6.45) is 1.83. The lowest BCUT2D eigenvalue weighted by atomic mass is 10.1. The van der Waals surface area contributed by atoms with Crippen molar-refractivity contribution in [2.45, 2.75) is 0 Å². The van der Waals surface area contributed by atoms with Crippen molar-refractivity contribution in [2.24, 2.45) is 0 Å². The van der Waals surface area contributed by atoms with E-state index in [4.69, 9.17) is 4.74 Å². The van der Waals surface area contributed by atoms with Crippen LogP contribution in [0.5, 0.6) is 0 Å². The smallest absolute Gasteiger partial charge is 0.261 e. The molecule has 0 radical (unpaired) electrons. The number of carbonyl (C=O) groups is 3. The summed E-state index contributed by atoms with van der Waals surface area (Å²) in [5, 5.41) is 3.80. The second-order valence-electron chi connectivity index (χ2n) is 6.25. The van der Waals surface area contributed by atoms with Gasteiger partial charge in [0.1, 0.15) is 0 Å². The van der Waals surface area contributed by atoms with Crippen LogP contribution in [-0.4, -0.2) is 47.9 Å². The minimum atomic E-state index is -0.407. The zero-order valence-corrected chi connectivity index (χ0v) is 14.6. The van der Waals surface area contributed by atoms with Crippen molar-refractivity contribution in [3.63, 3.8) is 0 Å². The van der Waals surface area contributed by atoms with Gasteiger partial charge in [-0.25, -0.2) is 0 Å². The number of methoxy groups -OCH3 is 1. The van der Waals surface area contributed by atoms with Gasteiger partial charge < -0.3 is 15.0 Å². The number of benzene rings is 2. The Kier molecular flexibility index (Phi) is 4.21.